The predicted molar refractivity (Wildman–Crippen MR) is 91.6 cm³/mol. The van der Waals surface area contributed by atoms with E-state index in [1.54, 1.807) is 24.8 Å². The Hall–Kier alpha value is -0.820. The number of aryl methyl sites for hydroxylation is 1. The minimum absolute atomic E-state index is 0.0444. The highest BCUT2D eigenvalue weighted by atomic mass is 35.5. The SMILES string of the molecule is CC(=O)N1CCCN(S(=O)(=O)c2c(C)c(Cl)cc(C)c2Cl)CC1. The summed E-state index contributed by atoms with van der Waals surface area (Å²) in [5, 5.41) is 0.588. The highest BCUT2D eigenvalue weighted by Crippen LogP contribution is 2.35. The number of halogens is 2. The number of carbonyl (C=O) groups excluding carboxylic acids is 1. The maximum atomic E-state index is 13.0. The van der Waals surface area contributed by atoms with Crippen molar-refractivity contribution in [1.29, 1.82) is 0 Å². The molecule has 1 amide bonds. The first-order chi connectivity index (χ1) is 10.7. The Balaban J connectivity index is 2.42. The summed E-state index contributed by atoms with van der Waals surface area (Å²) in [6, 6.07) is 1.66. The topological polar surface area (TPSA) is 57.7 Å². The second kappa shape index (κ2) is 6.97. The van der Waals surface area contributed by atoms with E-state index >= 15 is 0 Å². The first-order valence-electron chi connectivity index (χ1n) is 7.37. The fourth-order valence-electron chi connectivity index (χ4n) is 2.70. The Morgan fingerprint density at radius 2 is 1.78 bits per heavy atom. The molecule has 0 N–H and O–H groups in total. The second-order valence-electron chi connectivity index (χ2n) is 5.71. The van der Waals surface area contributed by atoms with Crippen molar-refractivity contribution in [2.75, 3.05) is 26.2 Å². The van der Waals surface area contributed by atoms with Gasteiger partial charge in [-0.25, -0.2) is 8.42 Å². The highest BCUT2D eigenvalue weighted by Gasteiger charge is 2.31. The van der Waals surface area contributed by atoms with Gasteiger partial charge < -0.3 is 4.90 Å². The van der Waals surface area contributed by atoms with Crippen LogP contribution in [0.3, 0.4) is 0 Å². The number of amides is 1. The molecule has 8 heteroatoms. The van der Waals surface area contributed by atoms with Gasteiger partial charge in [0, 0.05) is 38.1 Å². The maximum absolute atomic E-state index is 13.0. The van der Waals surface area contributed by atoms with Crippen LogP contribution in [0, 0.1) is 13.8 Å². The molecule has 1 saturated heterocycles. The molecule has 0 saturated carbocycles. The summed E-state index contributed by atoms with van der Waals surface area (Å²) in [7, 11) is -3.76. The molecule has 0 aromatic heterocycles. The van der Waals surface area contributed by atoms with Crippen molar-refractivity contribution >= 4 is 39.1 Å². The van der Waals surface area contributed by atoms with Crippen molar-refractivity contribution in [2.24, 2.45) is 0 Å². The van der Waals surface area contributed by atoms with E-state index in [0.717, 1.165) is 0 Å². The van der Waals surface area contributed by atoms with Gasteiger partial charge in [-0.2, -0.15) is 4.31 Å². The molecular weight excluding hydrogens is 359 g/mol. The number of sulfonamides is 1. The van der Waals surface area contributed by atoms with E-state index in [2.05, 4.69) is 0 Å². The summed E-state index contributed by atoms with van der Waals surface area (Å²) in [4.78, 5) is 13.2. The molecule has 1 aromatic carbocycles. The molecule has 0 radical (unpaired) electrons. The standard InChI is InChI=1S/C15H20Cl2N2O3S/c1-10-9-13(16)11(2)15(14(10)17)23(21,22)19-6-4-5-18(7-8-19)12(3)20/h9H,4-8H2,1-3H3. The molecule has 5 nitrogen and oxygen atoms in total. The van der Waals surface area contributed by atoms with Crippen molar-refractivity contribution < 1.29 is 13.2 Å². The van der Waals surface area contributed by atoms with Crippen LogP contribution in [0.15, 0.2) is 11.0 Å². The molecule has 1 aliphatic heterocycles. The van der Waals surface area contributed by atoms with Gasteiger partial charge in [-0.05, 0) is 37.5 Å². The molecule has 1 fully saturated rings. The smallest absolute Gasteiger partial charge is 0.244 e. The monoisotopic (exact) mass is 378 g/mol. The van der Waals surface area contributed by atoms with Crippen molar-refractivity contribution in [3.63, 3.8) is 0 Å². The summed E-state index contributed by atoms with van der Waals surface area (Å²) in [5.41, 5.74) is 1.08. The molecule has 1 aliphatic rings. The van der Waals surface area contributed by atoms with Crippen molar-refractivity contribution in [1.82, 2.24) is 9.21 Å². The average Bonchev–Trinajstić information content (AvgIpc) is 2.71. The van der Waals surface area contributed by atoms with Crippen LogP contribution in [0.25, 0.3) is 0 Å². The van der Waals surface area contributed by atoms with Crippen LogP contribution in [0.5, 0.6) is 0 Å². The van der Waals surface area contributed by atoms with E-state index in [1.807, 2.05) is 0 Å². The quantitative estimate of drug-likeness (QED) is 0.794. The predicted octanol–water partition coefficient (Wildman–Crippen LogP) is 2.85. The Morgan fingerprint density at radius 1 is 1.13 bits per heavy atom. The van der Waals surface area contributed by atoms with Crippen LogP contribution in [-0.4, -0.2) is 49.7 Å². The molecular formula is C15H20Cl2N2O3S. The lowest BCUT2D eigenvalue weighted by Crippen LogP contribution is -2.37. The number of nitrogens with zero attached hydrogens (tertiary/aromatic N) is 2. The molecule has 2 rings (SSSR count). The lowest BCUT2D eigenvalue weighted by Gasteiger charge is -2.23. The fraction of sp³-hybridized carbons (Fsp3) is 0.533. The summed E-state index contributed by atoms with van der Waals surface area (Å²) < 4.78 is 27.5. The van der Waals surface area contributed by atoms with E-state index in [9.17, 15) is 13.2 Å². The van der Waals surface area contributed by atoms with Crippen molar-refractivity contribution in [3.8, 4) is 0 Å². The lowest BCUT2D eigenvalue weighted by atomic mass is 10.2. The van der Waals surface area contributed by atoms with Gasteiger partial charge in [0.2, 0.25) is 15.9 Å². The van der Waals surface area contributed by atoms with Gasteiger partial charge in [0.05, 0.1) is 5.02 Å². The number of carbonyl (C=O) groups is 1. The number of rotatable bonds is 2. The number of hydrogen-bond acceptors (Lipinski definition) is 3. The molecule has 0 unspecified atom stereocenters. The van der Waals surface area contributed by atoms with Gasteiger partial charge in [0.1, 0.15) is 4.90 Å². The van der Waals surface area contributed by atoms with Gasteiger partial charge in [0.25, 0.3) is 0 Å². The van der Waals surface area contributed by atoms with Gasteiger partial charge in [0.15, 0.2) is 0 Å². The van der Waals surface area contributed by atoms with Gasteiger partial charge in [-0.1, -0.05) is 23.2 Å². The Kier molecular flexibility index (Phi) is 5.61. The third-order valence-electron chi connectivity index (χ3n) is 4.09. The molecule has 0 spiro atoms. The normalized spacial score (nSPS) is 17.2. The van der Waals surface area contributed by atoms with Crippen molar-refractivity contribution in [2.45, 2.75) is 32.1 Å². The van der Waals surface area contributed by atoms with Gasteiger partial charge >= 0.3 is 0 Å². The summed E-state index contributed by atoms with van der Waals surface area (Å²) in [5.74, 6) is -0.0444. The molecule has 0 bridgehead atoms. The zero-order valence-corrected chi connectivity index (χ0v) is 15.7. The summed E-state index contributed by atoms with van der Waals surface area (Å²) in [6.07, 6.45) is 0.592. The highest BCUT2D eigenvalue weighted by molar-refractivity contribution is 7.89. The van der Waals surface area contributed by atoms with E-state index in [1.165, 1.54) is 11.2 Å². The first kappa shape index (κ1) is 18.5. The van der Waals surface area contributed by atoms with E-state index in [4.69, 9.17) is 23.2 Å². The van der Waals surface area contributed by atoms with Crippen LogP contribution in [0.1, 0.15) is 24.5 Å². The zero-order chi connectivity index (χ0) is 17.4. The van der Waals surface area contributed by atoms with E-state index < -0.39 is 10.0 Å². The average molecular weight is 379 g/mol. The lowest BCUT2D eigenvalue weighted by molar-refractivity contribution is -0.128. The largest absolute Gasteiger partial charge is 0.342 e. The third kappa shape index (κ3) is 3.65. The van der Waals surface area contributed by atoms with E-state index in [0.29, 0.717) is 42.2 Å². The summed E-state index contributed by atoms with van der Waals surface area (Å²) >= 11 is 12.4. The van der Waals surface area contributed by atoms with Gasteiger partial charge in [-0.3, -0.25) is 4.79 Å². The van der Waals surface area contributed by atoms with E-state index in [-0.39, 0.29) is 22.4 Å². The zero-order valence-electron chi connectivity index (χ0n) is 13.4. The van der Waals surface area contributed by atoms with Crippen LogP contribution in [0.4, 0.5) is 0 Å². The number of hydrogen-bond donors (Lipinski definition) is 0. The molecule has 128 valence electrons. The Bertz CT molecular complexity index is 708. The maximum Gasteiger partial charge on any atom is 0.244 e. The molecule has 23 heavy (non-hydrogen) atoms. The third-order valence-corrected chi connectivity index (χ3v) is 7.15. The Labute approximate surface area is 147 Å². The van der Waals surface area contributed by atoms with Crippen LogP contribution in [-0.2, 0) is 14.8 Å². The fourth-order valence-corrected chi connectivity index (χ4v) is 5.34. The Morgan fingerprint density at radius 3 is 2.39 bits per heavy atom. The minimum atomic E-state index is -3.76. The van der Waals surface area contributed by atoms with Crippen LogP contribution in [0.2, 0.25) is 10.0 Å². The van der Waals surface area contributed by atoms with Crippen LogP contribution < -0.4 is 0 Å². The number of benzene rings is 1. The van der Waals surface area contributed by atoms with Crippen LogP contribution >= 0.6 is 23.2 Å². The van der Waals surface area contributed by atoms with Crippen molar-refractivity contribution in [3.05, 3.63) is 27.2 Å². The van der Waals surface area contributed by atoms with Gasteiger partial charge in [-0.15, -0.1) is 0 Å². The molecule has 1 aromatic rings. The summed E-state index contributed by atoms with van der Waals surface area (Å²) in [6.45, 7) is 6.42. The first-order valence-corrected chi connectivity index (χ1v) is 9.56. The second-order valence-corrected chi connectivity index (χ2v) is 8.37. The molecule has 0 aliphatic carbocycles. The molecule has 0 atom stereocenters. The molecule has 1 heterocycles. The minimum Gasteiger partial charge on any atom is -0.342 e.